The lowest BCUT2D eigenvalue weighted by Crippen LogP contribution is -2.58. The summed E-state index contributed by atoms with van der Waals surface area (Å²) in [6, 6.07) is 0. The van der Waals surface area contributed by atoms with E-state index in [0.717, 1.165) is 0 Å². The molecule has 0 aliphatic heterocycles. The van der Waals surface area contributed by atoms with Crippen molar-refractivity contribution < 1.29 is 20.1 Å². The van der Waals surface area contributed by atoms with E-state index in [0.29, 0.717) is 0 Å². The van der Waals surface area contributed by atoms with Gasteiger partial charge in [-0.15, -0.1) is 6.42 Å². The third kappa shape index (κ3) is 4.76. The van der Waals surface area contributed by atoms with Gasteiger partial charge in [0.05, 0.1) is 32.9 Å². The van der Waals surface area contributed by atoms with Gasteiger partial charge in [0.2, 0.25) is 5.91 Å². The predicted octanol–water partition coefficient (Wildman–Crippen LogP) is -2.96. The van der Waals surface area contributed by atoms with E-state index in [1.807, 2.05) is 0 Å². The normalized spacial score (nSPS) is 10.8. The quantitative estimate of drug-likeness (QED) is 0.231. The van der Waals surface area contributed by atoms with Crippen LogP contribution >= 0.6 is 0 Å². The number of hydrogen-bond acceptors (Lipinski definition) is 5. The number of rotatable bonds is 7. The minimum absolute atomic E-state index is 0.0358. The average Bonchev–Trinajstić information content (AvgIpc) is 2.26. The second kappa shape index (κ2) is 7.20. The Balaban J connectivity index is 4.07. The molecule has 0 aromatic heterocycles. The monoisotopic (exact) mass is 216 g/mol. The molecule has 86 valence electrons. The Labute approximate surface area is 88.3 Å². The minimum Gasteiger partial charge on any atom is -0.394 e. The summed E-state index contributed by atoms with van der Waals surface area (Å²) in [5.41, 5.74) is -1.38. The molecule has 0 saturated carbocycles. The van der Waals surface area contributed by atoms with E-state index >= 15 is 0 Å². The third-order valence-corrected chi connectivity index (χ3v) is 1.83. The van der Waals surface area contributed by atoms with Gasteiger partial charge in [-0.25, -0.2) is 0 Å². The number of carbonyl (C=O) groups is 1. The molecule has 6 nitrogen and oxygen atoms in total. The van der Waals surface area contributed by atoms with Crippen LogP contribution in [0.1, 0.15) is 0 Å². The van der Waals surface area contributed by atoms with Crippen LogP contribution in [0, 0.1) is 12.3 Å². The summed E-state index contributed by atoms with van der Waals surface area (Å²) in [4.78, 5) is 11.2. The zero-order valence-electron chi connectivity index (χ0n) is 8.36. The molecular formula is C9H16N2O4. The molecule has 0 rings (SSSR count). The highest BCUT2D eigenvalue weighted by Gasteiger charge is 2.29. The largest absolute Gasteiger partial charge is 0.394 e. The molecule has 6 heteroatoms. The van der Waals surface area contributed by atoms with Gasteiger partial charge in [-0.3, -0.25) is 10.1 Å². The summed E-state index contributed by atoms with van der Waals surface area (Å²) in [5.74, 6) is 1.83. The molecule has 0 atom stereocenters. The van der Waals surface area contributed by atoms with Crippen molar-refractivity contribution in [1.82, 2.24) is 10.6 Å². The first kappa shape index (κ1) is 13.9. The van der Waals surface area contributed by atoms with Crippen molar-refractivity contribution in [3.8, 4) is 12.3 Å². The molecule has 1 amide bonds. The average molecular weight is 216 g/mol. The summed E-state index contributed by atoms with van der Waals surface area (Å²) in [7, 11) is 0. The number of hydrogen-bond donors (Lipinski definition) is 5. The lowest BCUT2D eigenvalue weighted by Gasteiger charge is -2.28. The maximum atomic E-state index is 11.2. The Kier molecular flexibility index (Phi) is 6.66. The predicted molar refractivity (Wildman–Crippen MR) is 53.8 cm³/mol. The van der Waals surface area contributed by atoms with E-state index < -0.39 is 31.3 Å². The van der Waals surface area contributed by atoms with Crippen LogP contribution in [0.5, 0.6) is 0 Å². The Hall–Kier alpha value is -1.13. The van der Waals surface area contributed by atoms with Crippen LogP contribution in [-0.4, -0.2) is 59.7 Å². The smallest absolute Gasteiger partial charge is 0.234 e. The number of carbonyl (C=O) groups excluding carboxylic acids is 1. The van der Waals surface area contributed by atoms with E-state index in [2.05, 4.69) is 16.6 Å². The highest BCUT2D eigenvalue weighted by Crippen LogP contribution is 2.00. The van der Waals surface area contributed by atoms with E-state index in [1.54, 1.807) is 0 Å². The molecule has 0 fully saturated rings. The summed E-state index contributed by atoms with van der Waals surface area (Å²) in [6.07, 6.45) is 4.96. The standard InChI is InChI=1S/C9H16N2O4/c1-2-3-10-4-8(15)11-9(5-12,6-13)7-14/h1,10,12-14H,3-7H2,(H,11,15). The maximum absolute atomic E-state index is 11.2. The molecule has 0 heterocycles. The Bertz CT molecular complexity index is 224. The molecule has 0 aliphatic rings. The first-order chi connectivity index (χ1) is 7.14. The van der Waals surface area contributed by atoms with Crippen LogP contribution in [0.3, 0.4) is 0 Å². The molecule has 0 aromatic carbocycles. The number of nitrogens with one attached hydrogen (secondary N) is 2. The second-order valence-electron chi connectivity index (χ2n) is 3.11. The van der Waals surface area contributed by atoms with Crippen LogP contribution in [0.15, 0.2) is 0 Å². The fourth-order valence-corrected chi connectivity index (χ4v) is 0.857. The molecule has 0 aromatic rings. The van der Waals surface area contributed by atoms with Crippen LogP contribution < -0.4 is 10.6 Å². The second-order valence-corrected chi connectivity index (χ2v) is 3.11. The van der Waals surface area contributed by atoms with E-state index in [9.17, 15) is 4.79 Å². The topological polar surface area (TPSA) is 102 Å². The molecule has 0 spiro atoms. The lowest BCUT2D eigenvalue weighted by atomic mass is 10.0. The summed E-state index contributed by atoms with van der Waals surface area (Å²) in [6.45, 7) is -1.41. The fourth-order valence-electron chi connectivity index (χ4n) is 0.857. The Morgan fingerprint density at radius 2 is 1.80 bits per heavy atom. The van der Waals surface area contributed by atoms with Gasteiger partial charge in [0.1, 0.15) is 5.54 Å². The van der Waals surface area contributed by atoms with Gasteiger partial charge in [0.15, 0.2) is 0 Å². The Morgan fingerprint density at radius 3 is 2.20 bits per heavy atom. The molecule has 0 saturated heterocycles. The van der Waals surface area contributed by atoms with Crippen LogP contribution in [0.4, 0.5) is 0 Å². The molecule has 0 bridgehead atoms. The third-order valence-electron chi connectivity index (χ3n) is 1.83. The maximum Gasteiger partial charge on any atom is 0.234 e. The van der Waals surface area contributed by atoms with Crippen molar-refractivity contribution in [3.63, 3.8) is 0 Å². The van der Waals surface area contributed by atoms with Crippen molar-refractivity contribution in [2.24, 2.45) is 0 Å². The van der Waals surface area contributed by atoms with Crippen molar-refractivity contribution in [2.75, 3.05) is 32.9 Å². The van der Waals surface area contributed by atoms with Gasteiger partial charge in [-0.05, 0) is 0 Å². The van der Waals surface area contributed by atoms with E-state index in [-0.39, 0.29) is 13.1 Å². The highest BCUT2D eigenvalue weighted by atomic mass is 16.3. The van der Waals surface area contributed by atoms with Crippen molar-refractivity contribution in [3.05, 3.63) is 0 Å². The zero-order valence-corrected chi connectivity index (χ0v) is 8.36. The summed E-state index contributed by atoms with van der Waals surface area (Å²) in [5, 5.41) is 31.7. The van der Waals surface area contributed by atoms with E-state index in [1.165, 1.54) is 0 Å². The van der Waals surface area contributed by atoms with Crippen molar-refractivity contribution in [2.45, 2.75) is 5.54 Å². The number of terminal acetylenes is 1. The number of amides is 1. The first-order valence-electron chi connectivity index (χ1n) is 4.42. The number of aliphatic hydroxyl groups is 3. The van der Waals surface area contributed by atoms with Crippen molar-refractivity contribution >= 4 is 5.91 Å². The van der Waals surface area contributed by atoms with Gasteiger partial charge in [-0.2, -0.15) is 0 Å². The number of aliphatic hydroxyl groups excluding tert-OH is 3. The summed E-state index contributed by atoms with van der Waals surface area (Å²) >= 11 is 0. The van der Waals surface area contributed by atoms with Gasteiger partial charge in [0, 0.05) is 0 Å². The molecule has 0 unspecified atom stereocenters. The highest BCUT2D eigenvalue weighted by molar-refractivity contribution is 5.79. The lowest BCUT2D eigenvalue weighted by molar-refractivity contribution is -0.124. The SMILES string of the molecule is C#CCNCC(=O)NC(CO)(CO)CO. The molecule has 5 N–H and O–H groups in total. The van der Waals surface area contributed by atoms with Gasteiger partial charge >= 0.3 is 0 Å². The van der Waals surface area contributed by atoms with Crippen LogP contribution in [0.2, 0.25) is 0 Å². The van der Waals surface area contributed by atoms with Crippen LogP contribution in [0.25, 0.3) is 0 Å². The van der Waals surface area contributed by atoms with Gasteiger partial charge in [0.25, 0.3) is 0 Å². The van der Waals surface area contributed by atoms with Gasteiger partial charge < -0.3 is 20.6 Å². The van der Waals surface area contributed by atoms with E-state index in [4.69, 9.17) is 21.7 Å². The molecular weight excluding hydrogens is 200 g/mol. The molecule has 0 radical (unpaired) electrons. The van der Waals surface area contributed by atoms with Crippen LogP contribution in [-0.2, 0) is 4.79 Å². The van der Waals surface area contributed by atoms with Crippen molar-refractivity contribution in [1.29, 1.82) is 0 Å². The van der Waals surface area contributed by atoms with Gasteiger partial charge in [-0.1, -0.05) is 5.92 Å². The zero-order chi connectivity index (χ0) is 11.7. The molecule has 15 heavy (non-hydrogen) atoms. The minimum atomic E-state index is -1.38. The summed E-state index contributed by atoms with van der Waals surface area (Å²) < 4.78 is 0. The molecule has 0 aliphatic carbocycles. The first-order valence-corrected chi connectivity index (χ1v) is 4.42. The Morgan fingerprint density at radius 1 is 1.27 bits per heavy atom. The fraction of sp³-hybridized carbons (Fsp3) is 0.667.